The number of benzene rings is 1. The summed E-state index contributed by atoms with van der Waals surface area (Å²) in [5, 5.41) is 27.2. The van der Waals surface area contributed by atoms with E-state index < -0.39 is 0 Å². The van der Waals surface area contributed by atoms with Crippen LogP contribution < -0.4 is 4.74 Å². The minimum Gasteiger partial charge on any atom is -0.506 e. The fraction of sp³-hybridized carbons (Fsp3) is 0.364. The Bertz CT molecular complexity index is 396. The van der Waals surface area contributed by atoms with Crippen molar-refractivity contribution in [3.63, 3.8) is 0 Å². The minimum absolute atomic E-state index is 0.0357. The summed E-state index contributed by atoms with van der Waals surface area (Å²) in [6.07, 6.45) is 0. The second-order valence-corrected chi connectivity index (χ2v) is 3.31. The Balaban J connectivity index is 3.30. The summed E-state index contributed by atoms with van der Waals surface area (Å²) < 4.78 is 5.07. The Morgan fingerprint density at radius 3 is 2.67 bits per heavy atom. The highest BCUT2D eigenvalue weighted by Crippen LogP contribution is 2.32. The monoisotopic (exact) mass is 207 g/mol. The molecule has 4 heteroatoms. The van der Waals surface area contributed by atoms with E-state index in [9.17, 15) is 5.11 Å². The van der Waals surface area contributed by atoms with Crippen molar-refractivity contribution < 1.29 is 14.9 Å². The van der Waals surface area contributed by atoms with Gasteiger partial charge in [-0.3, -0.25) is 0 Å². The molecule has 0 saturated carbocycles. The molecular formula is C11H13NO3. The normalized spacial score (nSPS) is 11.9. The molecule has 4 nitrogen and oxygen atoms in total. The van der Waals surface area contributed by atoms with Crippen LogP contribution >= 0.6 is 0 Å². The van der Waals surface area contributed by atoms with Gasteiger partial charge in [-0.25, -0.2) is 0 Å². The van der Waals surface area contributed by atoms with Crippen molar-refractivity contribution >= 4 is 0 Å². The molecule has 0 fully saturated rings. The molecule has 0 aliphatic heterocycles. The van der Waals surface area contributed by atoms with Gasteiger partial charge in [-0.2, -0.15) is 5.26 Å². The maximum atomic E-state index is 9.44. The molecule has 0 spiro atoms. The molecule has 2 N–H and O–H groups in total. The number of hydrogen-bond acceptors (Lipinski definition) is 4. The van der Waals surface area contributed by atoms with E-state index in [1.165, 1.54) is 19.2 Å². The predicted molar refractivity (Wildman–Crippen MR) is 54.9 cm³/mol. The zero-order valence-electron chi connectivity index (χ0n) is 8.69. The second-order valence-electron chi connectivity index (χ2n) is 3.31. The summed E-state index contributed by atoms with van der Waals surface area (Å²) in [4.78, 5) is 0. The predicted octanol–water partition coefficient (Wildman–Crippen LogP) is 1.37. The Morgan fingerprint density at radius 2 is 2.20 bits per heavy atom. The van der Waals surface area contributed by atoms with Gasteiger partial charge in [0.25, 0.3) is 0 Å². The van der Waals surface area contributed by atoms with Gasteiger partial charge in [-0.15, -0.1) is 0 Å². The summed E-state index contributed by atoms with van der Waals surface area (Å²) in [5.41, 5.74) is 0.903. The van der Waals surface area contributed by atoms with Crippen LogP contribution in [0.15, 0.2) is 12.1 Å². The molecule has 1 aromatic carbocycles. The number of ether oxygens (including phenoxy) is 1. The molecule has 0 saturated heterocycles. The zero-order valence-corrected chi connectivity index (χ0v) is 8.69. The molecule has 1 unspecified atom stereocenters. The molecule has 0 aliphatic carbocycles. The Hall–Kier alpha value is -1.73. The molecule has 80 valence electrons. The van der Waals surface area contributed by atoms with Gasteiger partial charge >= 0.3 is 0 Å². The van der Waals surface area contributed by atoms with Gasteiger partial charge in [0.15, 0.2) is 0 Å². The highest BCUT2D eigenvalue weighted by atomic mass is 16.5. The molecule has 0 radical (unpaired) electrons. The number of methoxy groups -OCH3 is 1. The van der Waals surface area contributed by atoms with Crippen LogP contribution in [0.2, 0.25) is 0 Å². The number of rotatable bonds is 3. The summed E-state index contributed by atoms with van der Waals surface area (Å²) in [5.74, 6) is 0.240. The molecule has 0 amide bonds. The lowest BCUT2D eigenvalue weighted by molar-refractivity contribution is 0.269. The van der Waals surface area contributed by atoms with Crippen LogP contribution in [0.1, 0.15) is 24.0 Å². The van der Waals surface area contributed by atoms with Crippen molar-refractivity contribution in [2.24, 2.45) is 0 Å². The van der Waals surface area contributed by atoms with Crippen LogP contribution in [0.3, 0.4) is 0 Å². The number of phenols is 1. The first-order valence-electron chi connectivity index (χ1n) is 4.55. The molecule has 1 atom stereocenters. The highest BCUT2D eigenvalue weighted by Gasteiger charge is 2.14. The van der Waals surface area contributed by atoms with Crippen molar-refractivity contribution in [1.82, 2.24) is 0 Å². The molecule has 1 aromatic rings. The molecule has 0 aromatic heterocycles. The van der Waals surface area contributed by atoms with Gasteiger partial charge in [0.1, 0.15) is 17.6 Å². The van der Waals surface area contributed by atoms with Crippen LogP contribution in [0.5, 0.6) is 11.5 Å². The number of phenolic OH excluding ortho intramolecular Hbond substituents is 1. The smallest absolute Gasteiger partial charge is 0.137 e. The second kappa shape index (κ2) is 4.67. The Morgan fingerprint density at radius 1 is 1.53 bits per heavy atom. The molecule has 0 aliphatic rings. The SMILES string of the molecule is COc1cc(O)c(C#N)cc1C(C)CO. The van der Waals surface area contributed by atoms with Crippen LogP contribution in [-0.4, -0.2) is 23.9 Å². The lowest BCUT2D eigenvalue weighted by Crippen LogP contribution is -2.02. The molecular weight excluding hydrogens is 194 g/mol. The van der Waals surface area contributed by atoms with Crippen LogP contribution in [-0.2, 0) is 0 Å². The van der Waals surface area contributed by atoms with E-state index in [1.54, 1.807) is 0 Å². The van der Waals surface area contributed by atoms with E-state index in [2.05, 4.69) is 0 Å². The average Bonchev–Trinajstić information content (AvgIpc) is 2.27. The number of aromatic hydroxyl groups is 1. The largest absolute Gasteiger partial charge is 0.506 e. The van der Waals surface area contributed by atoms with Crippen molar-refractivity contribution in [2.75, 3.05) is 13.7 Å². The molecule has 1 rings (SSSR count). The quantitative estimate of drug-likeness (QED) is 0.785. The Labute approximate surface area is 88.4 Å². The summed E-state index contributed by atoms with van der Waals surface area (Å²) in [7, 11) is 1.48. The third-order valence-corrected chi connectivity index (χ3v) is 2.27. The van der Waals surface area contributed by atoms with E-state index in [-0.39, 0.29) is 23.8 Å². The summed E-state index contributed by atoms with van der Waals surface area (Å²) in [6.45, 7) is 1.78. The number of hydrogen-bond donors (Lipinski definition) is 2. The summed E-state index contributed by atoms with van der Waals surface area (Å²) in [6, 6.07) is 4.80. The average molecular weight is 207 g/mol. The maximum absolute atomic E-state index is 9.44. The van der Waals surface area contributed by atoms with Crippen molar-refractivity contribution in [3.05, 3.63) is 23.3 Å². The number of aliphatic hydroxyl groups is 1. The van der Waals surface area contributed by atoms with Gasteiger partial charge in [-0.05, 0) is 6.07 Å². The lowest BCUT2D eigenvalue weighted by Gasteiger charge is -2.14. The van der Waals surface area contributed by atoms with Crippen molar-refractivity contribution in [2.45, 2.75) is 12.8 Å². The Kier molecular flexibility index (Phi) is 3.53. The standard InChI is InChI=1S/C11H13NO3/c1-7(6-13)9-3-8(5-12)10(14)4-11(9)15-2/h3-4,7,13-14H,6H2,1-2H3. The van der Waals surface area contributed by atoms with E-state index in [0.717, 1.165) is 0 Å². The number of nitrogens with zero attached hydrogens (tertiary/aromatic N) is 1. The van der Waals surface area contributed by atoms with Gasteiger partial charge in [-0.1, -0.05) is 6.92 Å². The first-order valence-corrected chi connectivity index (χ1v) is 4.55. The summed E-state index contributed by atoms with van der Waals surface area (Å²) >= 11 is 0. The van der Waals surface area contributed by atoms with Crippen LogP contribution in [0.4, 0.5) is 0 Å². The van der Waals surface area contributed by atoms with Gasteiger partial charge in [0.2, 0.25) is 0 Å². The fourth-order valence-electron chi connectivity index (χ4n) is 1.34. The maximum Gasteiger partial charge on any atom is 0.137 e. The number of nitriles is 1. The van der Waals surface area contributed by atoms with E-state index in [0.29, 0.717) is 11.3 Å². The zero-order chi connectivity index (χ0) is 11.4. The van der Waals surface area contributed by atoms with Crippen LogP contribution in [0, 0.1) is 11.3 Å². The van der Waals surface area contributed by atoms with Gasteiger partial charge in [0, 0.05) is 24.2 Å². The van der Waals surface area contributed by atoms with Crippen molar-refractivity contribution in [1.29, 1.82) is 5.26 Å². The van der Waals surface area contributed by atoms with Crippen molar-refractivity contribution in [3.8, 4) is 17.6 Å². The van der Waals surface area contributed by atoms with E-state index in [1.807, 2.05) is 13.0 Å². The topological polar surface area (TPSA) is 73.5 Å². The third kappa shape index (κ3) is 2.20. The molecule has 0 bridgehead atoms. The van der Waals surface area contributed by atoms with E-state index in [4.69, 9.17) is 15.1 Å². The molecule has 0 heterocycles. The first-order chi connectivity index (χ1) is 7.13. The van der Waals surface area contributed by atoms with Crippen LogP contribution in [0.25, 0.3) is 0 Å². The minimum atomic E-state index is -0.132. The lowest BCUT2D eigenvalue weighted by atomic mass is 9.98. The van der Waals surface area contributed by atoms with E-state index >= 15 is 0 Å². The van der Waals surface area contributed by atoms with Gasteiger partial charge < -0.3 is 14.9 Å². The highest BCUT2D eigenvalue weighted by molar-refractivity contribution is 5.52. The van der Waals surface area contributed by atoms with Gasteiger partial charge in [0.05, 0.1) is 12.7 Å². The first kappa shape index (κ1) is 11.3. The molecule has 15 heavy (non-hydrogen) atoms. The fourth-order valence-corrected chi connectivity index (χ4v) is 1.34. The third-order valence-electron chi connectivity index (χ3n) is 2.27. The number of aliphatic hydroxyl groups excluding tert-OH is 1.